The minimum Gasteiger partial charge on any atom is -0.465 e. The van der Waals surface area contributed by atoms with Crippen molar-refractivity contribution in [2.45, 2.75) is 6.92 Å². The molecule has 2 amide bonds. The molecule has 0 fully saturated rings. The van der Waals surface area contributed by atoms with Crippen molar-refractivity contribution in [2.75, 3.05) is 17.7 Å². The second-order valence-electron chi connectivity index (χ2n) is 8.30. The highest BCUT2D eigenvalue weighted by Crippen LogP contribution is 2.23. The molecule has 8 heteroatoms. The highest BCUT2D eigenvalue weighted by molar-refractivity contribution is 6.06. The standard InChI is InChI=1S/C27H26N4O4/c1-17-12-23(30(2)15-17)25(32)29-22-14-24(31(3)16-22)26(33)28-21-10-8-18(9-11-21)19-6-5-7-20(13-19)27(34)35-4/h5-16H,1-4H3,(H,28,33)(H,29,32). The summed E-state index contributed by atoms with van der Waals surface area (Å²) in [6.45, 7) is 1.92. The van der Waals surface area contributed by atoms with Gasteiger partial charge in [-0.2, -0.15) is 0 Å². The summed E-state index contributed by atoms with van der Waals surface area (Å²) in [6, 6.07) is 17.9. The van der Waals surface area contributed by atoms with Crippen LogP contribution in [0.5, 0.6) is 0 Å². The normalized spacial score (nSPS) is 10.6. The average Bonchev–Trinajstić information content (AvgIpc) is 3.39. The minimum absolute atomic E-state index is 0.245. The van der Waals surface area contributed by atoms with Gasteiger partial charge in [-0.15, -0.1) is 0 Å². The van der Waals surface area contributed by atoms with E-state index in [1.807, 2.05) is 38.4 Å². The van der Waals surface area contributed by atoms with Crippen molar-refractivity contribution in [1.82, 2.24) is 9.13 Å². The van der Waals surface area contributed by atoms with E-state index in [1.165, 1.54) is 7.11 Å². The molecule has 2 aromatic carbocycles. The van der Waals surface area contributed by atoms with E-state index in [-0.39, 0.29) is 11.8 Å². The summed E-state index contributed by atoms with van der Waals surface area (Å²) in [5.74, 6) is -0.944. The number of amides is 2. The molecule has 0 spiro atoms. The Morgan fingerprint density at radius 2 is 1.37 bits per heavy atom. The van der Waals surface area contributed by atoms with Gasteiger partial charge in [-0.05, 0) is 60.0 Å². The molecule has 0 saturated carbocycles. The Labute approximate surface area is 203 Å². The van der Waals surface area contributed by atoms with Gasteiger partial charge in [0, 0.05) is 32.2 Å². The molecule has 0 radical (unpaired) electrons. The van der Waals surface area contributed by atoms with Crippen LogP contribution in [0.4, 0.5) is 11.4 Å². The lowest BCUT2D eigenvalue weighted by Gasteiger charge is -2.08. The van der Waals surface area contributed by atoms with E-state index in [9.17, 15) is 14.4 Å². The molecule has 4 rings (SSSR count). The summed E-state index contributed by atoms with van der Waals surface area (Å²) in [6.07, 6.45) is 3.57. The summed E-state index contributed by atoms with van der Waals surface area (Å²) in [7, 11) is 4.90. The Bertz CT molecular complexity index is 1410. The molecule has 0 saturated heterocycles. The zero-order valence-corrected chi connectivity index (χ0v) is 20.0. The van der Waals surface area contributed by atoms with Crippen LogP contribution in [0.1, 0.15) is 36.9 Å². The fourth-order valence-electron chi connectivity index (χ4n) is 3.89. The largest absolute Gasteiger partial charge is 0.465 e. The predicted molar refractivity (Wildman–Crippen MR) is 135 cm³/mol. The number of nitrogens with one attached hydrogen (secondary N) is 2. The summed E-state index contributed by atoms with van der Waals surface area (Å²) in [5, 5.41) is 5.72. The molecule has 0 aliphatic rings. The molecule has 35 heavy (non-hydrogen) atoms. The van der Waals surface area contributed by atoms with Gasteiger partial charge in [0.2, 0.25) is 0 Å². The van der Waals surface area contributed by atoms with Crippen LogP contribution in [-0.4, -0.2) is 34.0 Å². The van der Waals surface area contributed by atoms with Crippen molar-refractivity contribution in [3.8, 4) is 11.1 Å². The lowest BCUT2D eigenvalue weighted by atomic mass is 10.0. The predicted octanol–water partition coefficient (Wildman–Crippen LogP) is 4.63. The average molecular weight is 471 g/mol. The second-order valence-corrected chi connectivity index (χ2v) is 8.30. The third-order valence-corrected chi connectivity index (χ3v) is 5.63. The topological polar surface area (TPSA) is 94.4 Å². The van der Waals surface area contributed by atoms with E-state index < -0.39 is 5.97 Å². The van der Waals surface area contributed by atoms with E-state index >= 15 is 0 Å². The quantitative estimate of drug-likeness (QED) is 0.402. The number of anilines is 2. The van der Waals surface area contributed by atoms with E-state index in [1.54, 1.807) is 64.8 Å². The number of carbonyl (C=O) groups excluding carboxylic acids is 3. The van der Waals surface area contributed by atoms with Crippen LogP contribution < -0.4 is 10.6 Å². The van der Waals surface area contributed by atoms with Gasteiger partial charge in [-0.25, -0.2) is 4.79 Å². The van der Waals surface area contributed by atoms with E-state index in [2.05, 4.69) is 10.6 Å². The first kappa shape index (κ1) is 23.6. The van der Waals surface area contributed by atoms with Crippen molar-refractivity contribution in [2.24, 2.45) is 14.1 Å². The third-order valence-electron chi connectivity index (χ3n) is 5.63. The number of methoxy groups -OCH3 is 1. The number of rotatable bonds is 6. The summed E-state index contributed by atoms with van der Waals surface area (Å²) < 4.78 is 8.20. The Morgan fingerprint density at radius 3 is 2.00 bits per heavy atom. The number of ether oxygens (including phenoxy) is 1. The van der Waals surface area contributed by atoms with Gasteiger partial charge < -0.3 is 24.5 Å². The molecule has 8 nitrogen and oxygen atoms in total. The van der Waals surface area contributed by atoms with Crippen LogP contribution in [0.3, 0.4) is 0 Å². The maximum Gasteiger partial charge on any atom is 0.337 e. The summed E-state index contributed by atoms with van der Waals surface area (Å²) in [4.78, 5) is 37.2. The highest BCUT2D eigenvalue weighted by atomic mass is 16.5. The maximum absolute atomic E-state index is 12.9. The first-order chi connectivity index (χ1) is 16.7. The number of hydrogen-bond acceptors (Lipinski definition) is 4. The molecule has 2 heterocycles. The van der Waals surface area contributed by atoms with Gasteiger partial charge in [0.25, 0.3) is 11.8 Å². The highest BCUT2D eigenvalue weighted by Gasteiger charge is 2.16. The number of hydrogen-bond donors (Lipinski definition) is 2. The summed E-state index contributed by atoms with van der Waals surface area (Å²) >= 11 is 0. The molecule has 0 atom stereocenters. The van der Waals surface area contributed by atoms with Gasteiger partial charge in [0.1, 0.15) is 11.4 Å². The van der Waals surface area contributed by atoms with Gasteiger partial charge in [-0.3, -0.25) is 9.59 Å². The van der Waals surface area contributed by atoms with E-state index in [0.29, 0.717) is 28.3 Å². The number of benzene rings is 2. The Hall–Kier alpha value is -4.59. The molecule has 2 N–H and O–H groups in total. The number of carbonyl (C=O) groups is 3. The monoisotopic (exact) mass is 470 g/mol. The molecule has 0 unspecified atom stereocenters. The van der Waals surface area contributed by atoms with E-state index in [0.717, 1.165) is 16.7 Å². The molecule has 4 aromatic rings. The lowest BCUT2D eigenvalue weighted by molar-refractivity contribution is 0.0600. The molecule has 0 aliphatic heterocycles. The van der Waals surface area contributed by atoms with Crippen LogP contribution in [-0.2, 0) is 18.8 Å². The van der Waals surface area contributed by atoms with Gasteiger partial charge >= 0.3 is 5.97 Å². The first-order valence-corrected chi connectivity index (χ1v) is 11.0. The maximum atomic E-state index is 12.9. The number of esters is 1. The fourth-order valence-corrected chi connectivity index (χ4v) is 3.89. The first-order valence-electron chi connectivity index (χ1n) is 11.0. The van der Waals surface area contributed by atoms with Crippen molar-refractivity contribution in [3.05, 3.63) is 95.6 Å². The molecule has 178 valence electrons. The smallest absolute Gasteiger partial charge is 0.337 e. The van der Waals surface area contributed by atoms with Gasteiger partial charge in [-0.1, -0.05) is 24.3 Å². The van der Waals surface area contributed by atoms with Crippen molar-refractivity contribution < 1.29 is 19.1 Å². The zero-order chi connectivity index (χ0) is 25.1. The van der Waals surface area contributed by atoms with Gasteiger partial charge in [0.05, 0.1) is 18.4 Å². The van der Waals surface area contributed by atoms with E-state index in [4.69, 9.17) is 4.74 Å². The molecule has 0 bridgehead atoms. The van der Waals surface area contributed by atoms with Crippen molar-refractivity contribution >= 4 is 29.2 Å². The number of nitrogens with zero attached hydrogens (tertiary/aromatic N) is 2. The van der Waals surface area contributed by atoms with Crippen molar-refractivity contribution in [3.63, 3.8) is 0 Å². The molecular formula is C27H26N4O4. The SMILES string of the molecule is COC(=O)c1cccc(-c2ccc(NC(=O)c3cc(NC(=O)c4cc(C)cn4C)cn3C)cc2)c1. The van der Waals surface area contributed by atoms with Crippen molar-refractivity contribution in [1.29, 1.82) is 0 Å². The summed E-state index contributed by atoms with van der Waals surface area (Å²) in [5.41, 5.74) is 5.31. The lowest BCUT2D eigenvalue weighted by Crippen LogP contribution is -2.15. The fraction of sp³-hybridized carbons (Fsp3) is 0.148. The van der Waals surface area contributed by atoms with Crippen LogP contribution in [0, 0.1) is 6.92 Å². The Kier molecular flexibility index (Phi) is 6.55. The van der Waals surface area contributed by atoms with Crippen LogP contribution in [0.25, 0.3) is 11.1 Å². The zero-order valence-electron chi connectivity index (χ0n) is 20.0. The number of aromatic nitrogens is 2. The number of aryl methyl sites for hydroxylation is 3. The molecular weight excluding hydrogens is 444 g/mol. The van der Waals surface area contributed by atoms with Crippen LogP contribution in [0.15, 0.2) is 73.1 Å². The second kappa shape index (κ2) is 9.72. The molecule has 2 aromatic heterocycles. The third kappa shape index (κ3) is 5.16. The van der Waals surface area contributed by atoms with Crippen LogP contribution in [0.2, 0.25) is 0 Å². The van der Waals surface area contributed by atoms with Gasteiger partial charge in [0.15, 0.2) is 0 Å². The molecule has 0 aliphatic carbocycles. The minimum atomic E-state index is -0.396. The van der Waals surface area contributed by atoms with Crippen LogP contribution >= 0.6 is 0 Å². The Morgan fingerprint density at radius 1 is 0.743 bits per heavy atom. The Balaban J connectivity index is 1.45.